The summed E-state index contributed by atoms with van der Waals surface area (Å²) < 4.78 is 7.69. The van der Waals surface area contributed by atoms with Crippen LogP contribution in [-0.2, 0) is 11.8 Å². The molecule has 1 aromatic heterocycles. The molecule has 1 saturated heterocycles. The summed E-state index contributed by atoms with van der Waals surface area (Å²) in [6.45, 7) is 9.48. The van der Waals surface area contributed by atoms with Crippen LogP contribution in [0.1, 0.15) is 32.0 Å². The van der Waals surface area contributed by atoms with Gasteiger partial charge in [0.2, 0.25) is 0 Å². The van der Waals surface area contributed by atoms with Gasteiger partial charge in [-0.05, 0) is 27.7 Å². The molecule has 1 aliphatic heterocycles. The van der Waals surface area contributed by atoms with Gasteiger partial charge in [0, 0.05) is 20.1 Å². The van der Waals surface area contributed by atoms with E-state index in [9.17, 15) is 0 Å². The van der Waals surface area contributed by atoms with Crippen molar-refractivity contribution in [3.8, 4) is 0 Å². The van der Waals surface area contributed by atoms with Crippen molar-refractivity contribution in [1.29, 1.82) is 0 Å². The van der Waals surface area contributed by atoms with Gasteiger partial charge < -0.3 is 20.6 Å². The lowest BCUT2D eigenvalue weighted by atomic mass is 10.0. The van der Waals surface area contributed by atoms with E-state index in [4.69, 9.17) is 15.7 Å². The molecule has 0 radical (unpaired) electrons. The number of nitrogens with two attached hydrogens (primary N) is 1. The smallest absolute Gasteiger partial charge is 0.175 e. The van der Waals surface area contributed by atoms with Crippen LogP contribution in [0.25, 0.3) is 0 Å². The summed E-state index contributed by atoms with van der Waals surface area (Å²) in [6.07, 6.45) is 0.106. The zero-order valence-electron chi connectivity index (χ0n) is 12.7. The van der Waals surface area contributed by atoms with Gasteiger partial charge in [0.05, 0.1) is 23.0 Å². The average molecular weight is 281 g/mol. The fourth-order valence-electron chi connectivity index (χ4n) is 2.97. The van der Waals surface area contributed by atoms with E-state index in [-0.39, 0.29) is 17.5 Å². The maximum atomic E-state index is 8.98. The van der Waals surface area contributed by atoms with E-state index in [0.717, 1.165) is 24.6 Å². The molecule has 3 N–H and O–H groups in total. The van der Waals surface area contributed by atoms with Crippen LogP contribution >= 0.6 is 0 Å². The van der Waals surface area contributed by atoms with Gasteiger partial charge in [-0.15, -0.1) is 0 Å². The molecule has 1 aromatic rings. The molecule has 0 saturated carbocycles. The lowest BCUT2D eigenvalue weighted by molar-refractivity contribution is -0.0753. The highest BCUT2D eigenvalue weighted by molar-refractivity contribution is 6.02. The van der Waals surface area contributed by atoms with Crippen molar-refractivity contribution in [2.75, 3.05) is 18.0 Å². The lowest BCUT2D eigenvalue weighted by Crippen LogP contribution is -2.52. The van der Waals surface area contributed by atoms with Crippen LogP contribution in [0.2, 0.25) is 0 Å². The number of rotatable bonds is 2. The predicted molar refractivity (Wildman–Crippen MR) is 77.3 cm³/mol. The van der Waals surface area contributed by atoms with Crippen molar-refractivity contribution in [3.05, 3.63) is 11.3 Å². The number of amidine groups is 1. The summed E-state index contributed by atoms with van der Waals surface area (Å²) in [5.74, 6) is 0.948. The first-order valence-electron chi connectivity index (χ1n) is 6.69. The largest absolute Gasteiger partial charge is 0.409 e. The molecule has 2 heterocycles. The van der Waals surface area contributed by atoms with Crippen LogP contribution in [0, 0.1) is 6.92 Å². The van der Waals surface area contributed by atoms with Crippen molar-refractivity contribution >= 4 is 11.7 Å². The quantitative estimate of drug-likeness (QED) is 0.363. The summed E-state index contributed by atoms with van der Waals surface area (Å²) >= 11 is 0. The normalized spacial score (nSPS) is 23.1. The number of aromatic nitrogens is 2. The Morgan fingerprint density at radius 1 is 1.55 bits per heavy atom. The van der Waals surface area contributed by atoms with Crippen molar-refractivity contribution in [3.63, 3.8) is 0 Å². The SMILES string of the molecule is Cc1nn(C)c(N2CC(C)OC(C)(C)C2)c1C(N)=NO. The van der Waals surface area contributed by atoms with Crippen molar-refractivity contribution < 1.29 is 9.94 Å². The fraction of sp³-hybridized carbons (Fsp3) is 0.692. The molecule has 2 rings (SSSR count). The first-order valence-corrected chi connectivity index (χ1v) is 6.69. The highest BCUT2D eigenvalue weighted by Crippen LogP contribution is 2.29. The molecule has 0 aliphatic carbocycles. The zero-order chi connectivity index (χ0) is 15.1. The first-order chi connectivity index (χ1) is 9.25. The number of nitrogens with zero attached hydrogens (tertiary/aromatic N) is 4. The van der Waals surface area contributed by atoms with Crippen LogP contribution < -0.4 is 10.6 Å². The molecule has 1 atom stereocenters. The fourth-order valence-corrected chi connectivity index (χ4v) is 2.97. The molecule has 1 aliphatic rings. The standard InChI is InChI=1S/C13H23N5O2/c1-8-6-18(7-13(3,4)20-8)12-10(11(14)16-19)9(2)15-17(12)5/h8,19H,6-7H2,1-5H3,(H2,14,16). The molecular formula is C13H23N5O2. The van der Waals surface area contributed by atoms with Crippen molar-refractivity contribution in [2.24, 2.45) is 17.9 Å². The van der Waals surface area contributed by atoms with Gasteiger partial charge in [0.1, 0.15) is 5.82 Å². The van der Waals surface area contributed by atoms with E-state index in [1.165, 1.54) is 0 Å². The second kappa shape index (κ2) is 4.97. The molecule has 1 unspecified atom stereocenters. The molecule has 0 amide bonds. The Hall–Kier alpha value is -1.76. The predicted octanol–water partition coefficient (Wildman–Crippen LogP) is 0.827. The Morgan fingerprint density at radius 3 is 2.75 bits per heavy atom. The Kier molecular flexibility index (Phi) is 3.64. The van der Waals surface area contributed by atoms with E-state index in [2.05, 4.69) is 29.0 Å². The third-order valence-electron chi connectivity index (χ3n) is 3.42. The number of oxime groups is 1. The Balaban J connectivity index is 2.47. The summed E-state index contributed by atoms with van der Waals surface area (Å²) in [7, 11) is 1.86. The lowest BCUT2D eigenvalue weighted by Gasteiger charge is -2.42. The van der Waals surface area contributed by atoms with Crippen LogP contribution in [0.4, 0.5) is 5.82 Å². The third kappa shape index (κ3) is 2.58. The Bertz CT molecular complexity index is 535. The van der Waals surface area contributed by atoms with Gasteiger partial charge in [-0.25, -0.2) is 0 Å². The Morgan fingerprint density at radius 2 is 2.20 bits per heavy atom. The maximum Gasteiger partial charge on any atom is 0.175 e. The summed E-state index contributed by atoms with van der Waals surface area (Å²) in [5.41, 5.74) is 6.98. The monoisotopic (exact) mass is 281 g/mol. The number of anilines is 1. The summed E-state index contributed by atoms with van der Waals surface area (Å²) in [5, 5.41) is 16.5. The number of hydrogen-bond donors (Lipinski definition) is 2. The second-order valence-corrected chi connectivity index (χ2v) is 5.96. The van der Waals surface area contributed by atoms with E-state index in [1.54, 1.807) is 4.68 Å². The highest BCUT2D eigenvalue weighted by atomic mass is 16.5. The topological polar surface area (TPSA) is 88.9 Å². The summed E-state index contributed by atoms with van der Waals surface area (Å²) in [4.78, 5) is 2.18. The molecule has 7 heteroatoms. The average Bonchev–Trinajstić information content (AvgIpc) is 2.60. The van der Waals surface area contributed by atoms with Crippen LogP contribution in [0.5, 0.6) is 0 Å². The number of ether oxygens (including phenoxy) is 1. The van der Waals surface area contributed by atoms with Gasteiger partial charge in [0.25, 0.3) is 0 Å². The van der Waals surface area contributed by atoms with Gasteiger partial charge in [-0.1, -0.05) is 5.16 Å². The van der Waals surface area contributed by atoms with E-state index < -0.39 is 0 Å². The van der Waals surface area contributed by atoms with Gasteiger partial charge >= 0.3 is 0 Å². The van der Waals surface area contributed by atoms with Crippen molar-refractivity contribution in [2.45, 2.75) is 39.4 Å². The molecule has 0 aromatic carbocycles. The van der Waals surface area contributed by atoms with Crippen LogP contribution in [-0.4, -0.2) is 45.6 Å². The minimum Gasteiger partial charge on any atom is -0.409 e. The molecule has 0 bridgehead atoms. The van der Waals surface area contributed by atoms with Gasteiger partial charge in [0.15, 0.2) is 5.84 Å². The zero-order valence-corrected chi connectivity index (χ0v) is 12.7. The first kappa shape index (κ1) is 14.6. The third-order valence-corrected chi connectivity index (χ3v) is 3.42. The van der Waals surface area contributed by atoms with Crippen LogP contribution in [0.15, 0.2) is 5.16 Å². The number of morpholine rings is 1. The Labute approximate surface area is 119 Å². The molecule has 112 valence electrons. The second-order valence-electron chi connectivity index (χ2n) is 5.96. The minimum atomic E-state index is -0.252. The molecule has 7 nitrogen and oxygen atoms in total. The molecule has 1 fully saturated rings. The molecular weight excluding hydrogens is 258 g/mol. The van der Waals surface area contributed by atoms with Crippen molar-refractivity contribution in [1.82, 2.24) is 9.78 Å². The van der Waals surface area contributed by atoms with Gasteiger partial charge in [-0.3, -0.25) is 4.68 Å². The van der Waals surface area contributed by atoms with E-state index in [0.29, 0.717) is 5.56 Å². The number of hydrogen-bond acceptors (Lipinski definition) is 5. The molecule has 0 spiro atoms. The minimum absolute atomic E-state index is 0.0857. The number of aryl methyl sites for hydroxylation is 2. The molecule has 20 heavy (non-hydrogen) atoms. The van der Waals surface area contributed by atoms with E-state index >= 15 is 0 Å². The summed E-state index contributed by atoms with van der Waals surface area (Å²) in [6, 6.07) is 0. The van der Waals surface area contributed by atoms with Crippen LogP contribution in [0.3, 0.4) is 0 Å². The van der Waals surface area contributed by atoms with E-state index in [1.807, 2.05) is 20.9 Å². The maximum absolute atomic E-state index is 8.98. The van der Waals surface area contributed by atoms with Gasteiger partial charge in [-0.2, -0.15) is 5.10 Å². The highest BCUT2D eigenvalue weighted by Gasteiger charge is 2.34.